The monoisotopic (exact) mass is 349 g/mol. The average molecular weight is 349 g/mol. The number of hydrogen-bond donors (Lipinski definition) is 0. The molecule has 1 unspecified atom stereocenters. The summed E-state index contributed by atoms with van der Waals surface area (Å²) in [6.07, 6.45) is 0.760. The van der Waals surface area contributed by atoms with Crippen molar-refractivity contribution in [2.75, 3.05) is 27.4 Å². The van der Waals surface area contributed by atoms with Crippen LogP contribution in [-0.4, -0.2) is 56.2 Å². The van der Waals surface area contributed by atoms with Crippen LogP contribution in [0.5, 0.6) is 0 Å². The Morgan fingerprint density at radius 3 is 2.44 bits per heavy atom. The van der Waals surface area contributed by atoms with Gasteiger partial charge < -0.3 is 19.1 Å². The van der Waals surface area contributed by atoms with Crippen molar-refractivity contribution >= 4 is 17.8 Å². The molecule has 0 aliphatic heterocycles. The molecule has 0 aliphatic rings. The summed E-state index contributed by atoms with van der Waals surface area (Å²) in [4.78, 5) is 36.5. The van der Waals surface area contributed by atoms with E-state index in [2.05, 4.69) is 11.3 Å². The van der Waals surface area contributed by atoms with E-state index in [0.717, 1.165) is 5.56 Å². The Hall–Kier alpha value is -2.67. The number of ether oxygens (including phenoxy) is 3. The molecule has 1 aromatic carbocycles. The van der Waals surface area contributed by atoms with Crippen LogP contribution in [0, 0.1) is 0 Å². The highest BCUT2D eigenvalue weighted by atomic mass is 16.6. The van der Waals surface area contributed by atoms with Gasteiger partial charge in [-0.05, 0) is 24.6 Å². The zero-order valence-electron chi connectivity index (χ0n) is 14.7. The molecular formula is C18H23NO6. The van der Waals surface area contributed by atoms with Gasteiger partial charge in [0.2, 0.25) is 0 Å². The summed E-state index contributed by atoms with van der Waals surface area (Å²) < 4.78 is 14.7. The molecule has 25 heavy (non-hydrogen) atoms. The van der Waals surface area contributed by atoms with Gasteiger partial charge in [0.15, 0.2) is 12.7 Å². The van der Waals surface area contributed by atoms with Crippen LogP contribution < -0.4 is 0 Å². The SMILES string of the molecule is C=CCOC(C)C(=O)OCC(=O)N(C)Cc1ccc(C(=O)OC)cc1. The number of amides is 1. The maximum absolute atomic E-state index is 12.0. The average Bonchev–Trinajstić information content (AvgIpc) is 2.63. The molecule has 1 amide bonds. The maximum atomic E-state index is 12.0. The Morgan fingerprint density at radius 2 is 1.88 bits per heavy atom. The lowest BCUT2D eigenvalue weighted by Crippen LogP contribution is -2.33. The minimum absolute atomic E-state index is 0.228. The number of carbonyl (C=O) groups is 3. The van der Waals surface area contributed by atoms with Crippen LogP contribution in [-0.2, 0) is 30.3 Å². The van der Waals surface area contributed by atoms with Crippen molar-refractivity contribution in [3.05, 3.63) is 48.0 Å². The molecule has 0 heterocycles. The minimum atomic E-state index is -0.762. The Bertz CT molecular complexity index is 610. The zero-order valence-corrected chi connectivity index (χ0v) is 14.7. The van der Waals surface area contributed by atoms with Gasteiger partial charge in [-0.15, -0.1) is 6.58 Å². The van der Waals surface area contributed by atoms with Crippen LogP contribution in [0.15, 0.2) is 36.9 Å². The Kier molecular flexibility index (Phi) is 8.35. The van der Waals surface area contributed by atoms with Gasteiger partial charge in [0.1, 0.15) is 0 Å². The van der Waals surface area contributed by atoms with Crippen molar-refractivity contribution in [3.63, 3.8) is 0 Å². The second-order valence-corrected chi connectivity index (χ2v) is 5.31. The van der Waals surface area contributed by atoms with E-state index < -0.39 is 18.0 Å². The summed E-state index contributed by atoms with van der Waals surface area (Å²) in [6, 6.07) is 6.71. The fraction of sp³-hybridized carbons (Fsp3) is 0.389. The zero-order chi connectivity index (χ0) is 18.8. The molecule has 0 N–H and O–H groups in total. The first-order chi connectivity index (χ1) is 11.9. The van der Waals surface area contributed by atoms with Crippen LogP contribution in [0.1, 0.15) is 22.8 Å². The number of methoxy groups -OCH3 is 1. The standard InChI is InChI=1S/C18H23NO6/c1-5-10-24-13(2)17(21)25-12-16(20)19(3)11-14-6-8-15(9-7-14)18(22)23-4/h5-9,13H,1,10-12H2,2-4H3. The van der Waals surface area contributed by atoms with Gasteiger partial charge in [0, 0.05) is 13.6 Å². The molecule has 0 aliphatic carbocycles. The molecule has 0 spiro atoms. The predicted molar refractivity (Wildman–Crippen MR) is 90.8 cm³/mol. The number of nitrogens with zero attached hydrogens (tertiary/aromatic N) is 1. The van der Waals surface area contributed by atoms with Crippen LogP contribution in [0.4, 0.5) is 0 Å². The van der Waals surface area contributed by atoms with E-state index in [1.54, 1.807) is 38.2 Å². The van der Waals surface area contributed by atoms with E-state index in [4.69, 9.17) is 9.47 Å². The van der Waals surface area contributed by atoms with E-state index in [1.165, 1.54) is 18.1 Å². The second kappa shape index (κ2) is 10.2. The largest absolute Gasteiger partial charge is 0.465 e. The molecular weight excluding hydrogens is 326 g/mol. The van der Waals surface area contributed by atoms with Crippen molar-refractivity contribution in [1.29, 1.82) is 0 Å². The highest BCUT2D eigenvalue weighted by molar-refractivity contribution is 5.89. The highest BCUT2D eigenvalue weighted by Crippen LogP contribution is 2.08. The number of carbonyl (C=O) groups excluding carboxylic acids is 3. The lowest BCUT2D eigenvalue weighted by molar-refractivity contribution is -0.160. The maximum Gasteiger partial charge on any atom is 0.337 e. The molecule has 1 aromatic rings. The van der Waals surface area contributed by atoms with Crippen molar-refractivity contribution < 1.29 is 28.6 Å². The molecule has 0 fully saturated rings. The van der Waals surface area contributed by atoms with Gasteiger partial charge in [-0.3, -0.25) is 4.79 Å². The van der Waals surface area contributed by atoms with Crippen LogP contribution in [0.3, 0.4) is 0 Å². The van der Waals surface area contributed by atoms with Gasteiger partial charge in [-0.1, -0.05) is 18.2 Å². The Morgan fingerprint density at radius 1 is 1.24 bits per heavy atom. The molecule has 136 valence electrons. The normalized spacial score (nSPS) is 11.3. The molecule has 1 rings (SSSR count). The first-order valence-corrected chi connectivity index (χ1v) is 7.69. The topological polar surface area (TPSA) is 82.1 Å². The first kappa shape index (κ1) is 20.4. The third-order valence-electron chi connectivity index (χ3n) is 3.35. The fourth-order valence-electron chi connectivity index (χ4n) is 1.87. The van der Waals surface area contributed by atoms with E-state index >= 15 is 0 Å². The minimum Gasteiger partial charge on any atom is -0.465 e. The third-order valence-corrected chi connectivity index (χ3v) is 3.35. The predicted octanol–water partition coefficient (Wildman–Crippen LogP) is 1.57. The molecule has 0 saturated carbocycles. The number of hydrogen-bond acceptors (Lipinski definition) is 6. The van der Waals surface area contributed by atoms with E-state index in [9.17, 15) is 14.4 Å². The quantitative estimate of drug-likeness (QED) is 0.497. The molecule has 7 heteroatoms. The number of esters is 2. The Labute approximate surface area is 147 Å². The molecule has 7 nitrogen and oxygen atoms in total. The highest BCUT2D eigenvalue weighted by Gasteiger charge is 2.18. The Balaban J connectivity index is 2.47. The molecule has 0 aromatic heterocycles. The lowest BCUT2D eigenvalue weighted by atomic mass is 10.1. The van der Waals surface area contributed by atoms with E-state index in [-0.39, 0.29) is 19.1 Å². The summed E-state index contributed by atoms with van der Waals surface area (Å²) in [5.74, 6) is -1.37. The third kappa shape index (κ3) is 6.76. The lowest BCUT2D eigenvalue weighted by Gasteiger charge is -2.18. The number of benzene rings is 1. The van der Waals surface area contributed by atoms with E-state index in [0.29, 0.717) is 12.1 Å². The van der Waals surface area contributed by atoms with Crippen molar-refractivity contribution in [1.82, 2.24) is 4.90 Å². The van der Waals surface area contributed by atoms with Gasteiger partial charge in [-0.2, -0.15) is 0 Å². The van der Waals surface area contributed by atoms with Gasteiger partial charge in [0.25, 0.3) is 5.91 Å². The summed E-state index contributed by atoms with van der Waals surface area (Å²) in [5, 5.41) is 0. The van der Waals surface area contributed by atoms with E-state index in [1.807, 2.05) is 0 Å². The smallest absolute Gasteiger partial charge is 0.337 e. The summed E-state index contributed by atoms with van der Waals surface area (Å²) >= 11 is 0. The second-order valence-electron chi connectivity index (χ2n) is 5.31. The van der Waals surface area contributed by atoms with Crippen LogP contribution >= 0.6 is 0 Å². The van der Waals surface area contributed by atoms with Gasteiger partial charge in [0.05, 0.1) is 19.3 Å². The summed E-state index contributed by atoms with van der Waals surface area (Å²) in [7, 11) is 2.91. The van der Waals surface area contributed by atoms with Crippen molar-refractivity contribution in [2.24, 2.45) is 0 Å². The number of likely N-dealkylation sites (N-methyl/N-ethyl adjacent to an activating group) is 1. The fourth-order valence-corrected chi connectivity index (χ4v) is 1.87. The first-order valence-electron chi connectivity index (χ1n) is 7.69. The molecule has 1 atom stereocenters. The van der Waals surface area contributed by atoms with Gasteiger partial charge >= 0.3 is 11.9 Å². The number of rotatable bonds is 9. The van der Waals surface area contributed by atoms with Crippen LogP contribution in [0.25, 0.3) is 0 Å². The van der Waals surface area contributed by atoms with Crippen molar-refractivity contribution in [3.8, 4) is 0 Å². The summed E-state index contributed by atoms with van der Waals surface area (Å²) in [5.41, 5.74) is 1.26. The summed E-state index contributed by atoms with van der Waals surface area (Å²) in [6.45, 7) is 5.21. The molecule has 0 bridgehead atoms. The van der Waals surface area contributed by atoms with Crippen LogP contribution in [0.2, 0.25) is 0 Å². The van der Waals surface area contributed by atoms with Gasteiger partial charge in [-0.25, -0.2) is 9.59 Å². The molecule has 0 radical (unpaired) electrons. The van der Waals surface area contributed by atoms with Crippen molar-refractivity contribution in [2.45, 2.75) is 19.6 Å². The molecule has 0 saturated heterocycles.